The molecule has 0 saturated heterocycles. The highest BCUT2D eigenvalue weighted by atomic mass is 32.2. The number of nitrogens with zero attached hydrogens (tertiary/aromatic N) is 1. The number of carbonyl (C=O) groups excluding carboxylic acids is 1. The largest absolute Gasteiger partial charge is 0.383 e. The third-order valence-electron chi connectivity index (χ3n) is 2.73. The van der Waals surface area contributed by atoms with Gasteiger partial charge in [-0.05, 0) is 30.2 Å². The molecule has 2 rings (SSSR count). The number of nitrogens with one attached hydrogen (secondary N) is 1. The van der Waals surface area contributed by atoms with Crippen molar-refractivity contribution in [3.05, 3.63) is 51.3 Å². The first-order chi connectivity index (χ1) is 9.45. The van der Waals surface area contributed by atoms with Crippen LogP contribution in [0.2, 0.25) is 0 Å². The second-order valence-corrected chi connectivity index (χ2v) is 5.23. The van der Waals surface area contributed by atoms with E-state index in [-0.39, 0.29) is 11.4 Å². The Morgan fingerprint density at radius 3 is 2.75 bits per heavy atom. The van der Waals surface area contributed by atoms with E-state index in [9.17, 15) is 9.59 Å². The molecular weight excluding hydrogens is 276 g/mol. The molecular formula is C13H14N4O2S. The van der Waals surface area contributed by atoms with Gasteiger partial charge in [-0.3, -0.25) is 9.59 Å². The Bertz CT molecular complexity index is 712. The quantitative estimate of drug-likeness (QED) is 0.575. The van der Waals surface area contributed by atoms with E-state index < -0.39 is 5.91 Å². The van der Waals surface area contributed by atoms with Crippen LogP contribution in [0.5, 0.6) is 0 Å². The average molecular weight is 290 g/mol. The lowest BCUT2D eigenvalue weighted by atomic mass is 10.1. The van der Waals surface area contributed by atoms with Gasteiger partial charge in [0.2, 0.25) is 5.91 Å². The van der Waals surface area contributed by atoms with E-state index in [2.05, 4.69) is 9.97 Å². The molecule has 5 N–H and O–H groups in total. The molecule has 1 amide bonds. The van der Waals surface area contributed by atoms with Gasteiger partial charge in [-0.15, -0.1) is 0 Å². The molecule has 0 saturated carbocycles. The Balaban J connectivity index is 2.14. The highest BCUT2D eigenvalue weighted by molar-refractivity contribution is 7.98. The molecule has 0 aliphatic rings. The summed E-state index contributed by atoms with van der Waals surface area (Å²) >= 11 is 1.37. The zero-order valence-corrected chi connectivity index (χ0v) is 11.7. The molecule has 1 aromatic carbocycles. The molecule has 104 valence electrons. The minimum atomic E-state index is -0.450. The maximum Gasteiger partial charge on any atom is 0.253 e. The van der Waals surface area contributed by atoms with Crippen LogP contribution in [0.25, 0.3) is 0 Å². The van der Waals surface area contributed by atoms with E-state index >= 15 is 0 Å². The van der Waals surface area contributed by atoms with E-state index in [4.69, 9.17) is 11.5 Å². The molecule has 0 unspecified atom stereocenters. The van der Waals surface area contributed by atoms with Gasteiger partial charge in [0.15, 0.2) is 5.16 Å². The predicted octanol–water partition coefficient (Wildman–Crippen LogP) is 1.05. The molecule has 0 fully saturated rings. The second-order valence-electron chi connectivity index (χ2n) is 4.27. The highest BCUT2D eigenvalue weighted by Gasteiger charge is 2.06. The Kier molecular flexibility index (Phi) is 4.09. The number of anilines is 1. The lowest BCUT2D eigenvalue weighted by Crippen LogP contribution is -2.11. The van der Waals surface area contributed by atoms with Crippen LogP contribution >= 0.6 is 11.8 Å². The maximum absolute atomic E-state index is 11.3. The number of hydrogen-bond donors (Lipinski definition) is 3. The smallest absolute Gasteiger partial charge is 0.253 e. The summed E-state index contributed by atoms with van der Waals surface area (Å²) in [6.45, 7) is 1.90. The second kappa shape index (κ2) is 5.79. The van der Waals surface area contributed by atoms with Crippen LogP contribution in [0.3, 0.4) is 0 Å². The van der Waals surface area contributed by atoms with Gasteiger partial charge in [0.05, 0.1) is 0 Å². The number of nitrogens with two attached hydrogens (primary N) is 2. The summed E-state index contributed by atoms with van der Waals surface area (Å²) in [4.78, 5) is 29.0. The SMILES string of the molecule is Cc1cc(C(N)=O)ccc1CSc1nc(N)cc(=O)[nH]1. The van der Waals surface area contributed by atoms with Gasteiger partial charge in [-0.25, -0.2) is 4.98 Å². The number of thioether (sulfide) groups is 1. The number of benzene rings is 1. The molecule has 1 heterocycles. The average Bonchev–Trinajstić information content (AvgIpc) is 2.36. The Hall–Kier alpha value is -2.28. The van der Waals surface area contributed by atoms with Gasteiger partial charge in [0.1, 0.15) is 5.82 Å². The first kappa shape index (κ1) is 14.1. The summed E-state index contributed by atoms with van der Waals surface area (Å²) in [5, 5.41) is 0.466. The van der Waals surface area contributed by atoms with Gasteiger partial charge in [0, 0.05) is 17.4 Å². The molecule has 0 spiro atoms. The summed E-state index contributed by atoms with van der Waals surface area (Å²) < 4.78 is 0. The van der Waals surface area contributed by atoms with Gasteiger partial charge >= 0.3 is 0 Å². The van der Waals surface area contributed by atoms with Crippen LogP contribution in [0.15, 0.2) is 34.2 Å². The first-order valence-corrected chi connectivity index (χ1v) is 6.83. The maximum atomic E-state index is 11.3. The molecule has 1 aromatic heterocycles. The first-order valence-electron chi connectivity index (χ1n) is 5.84. The van der Waals surface area contributed by atoms with Crippen molar-refractivity contribution in [3.63, 3.8) is 0 Å². The fraction of sp³-hybridized carbons (Fsp3) is 0.154. The summed E-state index contributed by atoms with van der Waals surface area (Å²) in [6.07, 6.45) is 0. The minimum Gasteiger partial charge on any atom is -0.383 e. The van der Waals surface area contributed by atoms with Gasteiger partial charge in [-0.2, -0.15) is 0 Å². The zero-order valence-electron chi connectivity index (χ0n) is 10.8. The summed E-state index contributed by atoms with van der Waals surface area (Å²) in [7, 11) is 0. The van der Waals surface area contributed by atoms with Crippen LogP contribution in [0.4, 0.5) is 5.82 Å². The number of primary amides is 1. The standard InChI is InChI=1S/C13H14N4O2S/c1-7-4-8(12(15)19)2-3-9(7)6-20-13-16-10(14)5-11(18)17-13/h2-5H,6H2,1H3,(H2,15,19)(H3,14,16,17,18). The summed E-state index contributed by atoms with van der Waals surface area (Å²) in [5.74, 6) is 0.350. The van der Waals surface area contributed by atoms with Crippen molar-refractivity contribution in [3.8, 4) is 0 Å². The zero-order chi connectivity index (χ0) is 14.7. The molecule has 2 aromatic rings. The molecule has 7 heteroatoms. The predicted molar refractivity (Wildman–Crippen MR) is 78.5 cm³/mol. The van der Waals surface area contributed by atoms with E-state index in [1.54, 1.807) is 12.1 Å². The summed E-state index contributed by atoms with van der Waals surface area (Å²) in [6, 6.07) is 6.50. The number of aromatic amines is 1. The Morgan fingerprint density at radius 1 is 1.40 bits per heavy atom. The molecule has 0 atom stereocenters. The van der Waals surface area contributed by atoms with Crippen molar-refractivity contribution in [2.75, 3.05) is 5.73 Å². The number of hydrogen-bond acceptors (Lipinski definition) is 5. The van der Waals surface area contributed by atoms with Crippen molar-refractivity contribution in [2.24, 2.45) is 5.73 Å². The van der Waals surface area contributed by atoms with Crippen molar-refractivity contribution in [1.29, 1.82) is 0 Å². The Morgan fingerprint density at radius 2 is 2.15 bits per heavy atom. The number of amides is 1. The van der Waals surface area contributed by atoms with Gasteiger partial charge in [0.25, 0.3) is 5.56 Å². The number of aromatic nitrogens is 2. The fourth-order valence-corrected chi connectivity index (χ4v) is 2.64. The topological polar surface area (TPSA) is 115 Å². The molecule has 0 aliphatic carbocycles. The van der Waals surface area contributed by atoms with Gasteiger partial charge in [-0.1, -0.05) is 17.8 Å². The fourth-order valence-electron chi connectivity index (χ4n) is 1.68. The van der Waals surface area contributed by atoms with Crippen LogP contribution < -0.4 is 17.0 Å². The third kappa shape index (κ3) is 3.39. The molecule has 0 bridgehead atoms. The number of rotatable bonds is 4. The monoisotopic (exact) mass is 290 g/mol. The van der Waals surface area contributed by atoms with Crippen LogP contribution in [0, 0.1) is 6.92 Å². The van der Waals surface area contributed by atoms with E-state index in [0.29, 0.717) is 16.5 Å². The van der Waals surface area contributed by atoms with E-state index in [0.717, 1.165) is 11.1 Å². The van der Waals surface area contributed by atoms with Crippen molar-refractivity contribution < 1.29 is 4.79 Å². The number of H-pyrrole nitrogens is 1. The molecule has 0 aliphatic heterocycles. The number of nitrogen functional groups attached to an aromatic ring is 1. The van der Waals surface area contributed by atoms with E-state index in [1.807, 2.05) is 13.0 Å². The summed E-state index contributed by atoms with van der Waals surface area (Å²) in [5.41, 5.74) is 12.9. The lowest BCUT2D eigenvalue weighted by molar-refractivity contribution is 0.1000. The van der Waals surface area contributed by atoms with Crippen LogP contribution in [-0.4, -0.2) is 15.9 Å². The molecule has 20 heavy (non-hydrogen) atoms. The van der Waals surface area contributed by atoms with E-state index in [1.165, 1.54) is 17.8 Å². The minimum absolute atomic E-state index is 0.192. The highest BCUT2D eigenvalue weighted by Crippen LogP contribution is 2.21. The van der Waals surface area contributed by atoms with Crippen molar-refractivity contribution in [1.82, 2.24) is 9.97 Å². The van der Waals surface area contributed by atoms with Crippen LogP contribution in [-0.2, 0) is 5.75 Å². The van der Waals surface area contributed by atoms with Gasteiger partial charge < -0.3 is 16.5 Å². The Labute approximate surface area is 119 Å². The lowest BCUT2D eigenvalue weighted by Gasteiger charge is -2.07. The molecule has 0 radical (unpaired) electrons. The van der Waals surface area contributed by atoms with Crippen LogP contribution in [0.1, 0.15) is 21.5 Å². The van der Waals surface area contributed by atoms with Crippen molar-refractivity contribution in [2.45, 2.75) is 17.8 Å². The molecule has 6 nitrogen and oxygen atoms in total. The number of carbonyl (C=O) groups is 1. The number of aryl methyl sites for hydroxylation is 1. The third-order valence-corrected chi connectivity index (χ3v) is 3.65. The normalized spacial score (nSPS) is 10.4. The van der Waals surface area contributed by atoms with Crippen molar-refractivity contribution >= 4 is 23.5 Å².